The lowest BCUT2D eigenvalue weighted by atomic mass is 10.2. The number of ether oxygens (including phenoxy) is 1. The van der Waals surface area contributed by atoms with Gasteiger partial charge in [0.25, 0.3) is 5.91 Å². The summed E-state index contributed by atoms with van der Waals surface area (Å²) in [7, 11) is 1.52. The lowest BCUT2D eigenvalue weighted by Crippen LogP contribution is -2.13. The van der Waals surface area contributed by atoms with Gasteiger partial charge in [-0.2, -0.15) is 0 Å². The van der Waals surface area contributed by atoms with Crippen molar-refractivity contribution < 1.29 is 9.53 Å². The number of H-pyrrole nitrogens is 1. The van der Waals surface area contributed by atoms with Crippen LogP contribution in [0.15, 0.2) is 30.7 Å². The highest BCUT2D eigenvalue weighted by molar-refractivity contribution is 6.31. The van der Waals surface area contributed by atoms with Gasteiger partial charge in [0.05, 0.1) is 30.2 Å². The summed E-state index contributed by atoms with van der Waals surface area (Å²) in [6, 6.07) is 5.13. The number of halogens is 1. The highest BCUT2D eigenvalue weighted by Gasteiger charge is 2.13. The third kappa shape index (κ3) is 2.60. The molecular formula is C15H13ClN4O2. The van der Waals surface area contributed by atoms with Crippen molar-refractivity contribution >= 4 is 34.4 Å². The van der Waals surface area contributed by atoms with Crippen LogP contribution in [-0.4, -0.2) is 28.0 Å². The van der Waals surface area contributed by atoms with Crippen molar-refractivity contribution in [3.05, 3.63) is 46.9 Å². The standard InChI is InChI=1S/C15H13ClN4O2/c1-8-3-11(13(22-2)5-10(8)16)20-15(21)9-4-12-14(17-6-9)19-7-18-12/h3-7H,1-2H3,(H,20,21)(H,17,18,19). The minimum absolute atomic E-state index is 0.288. The topological polar surface area (TPSA) is 79.9 Å². The molecule has 0 aliphatic carbocycles. The number of imidazole rings is 1. The van der Waals surface area contributed by atoms with Gasteiger partial charge in [-0.25, -0.2) is 9.97 Å². The SMILES string of the molecule is COc1cc(Cl)c(C)cc1NC(=O)c1cnc2nc[nH]c2c1. The zero-order chi connectivity index (χ0) is 15.7. The van der Waals surface area contributed by atoms with Crippen molar-refractivity contribution in [2.45, 2.75) is 6.92 Å². The maximum Gasteiger partial charge on any atom is 0.257 e. The second kappa shape index (κ2) is 5.65. The number of nitrogens with one attached hydrogen (secondary N) is 2. The number of benzene rings is 1. The molecule has 0 aliphatic heterocycles. The van der Waals surface area contributed by atoms with E-state index in [0.29, 0.717) is 33.2 Å². The first kappa shape index (κ1) is 14.3. The van der Waals surface area contributed by atoms with E-state index in [0.717, 1.165) is 5.56 Å². The molecule has 3 aromatic rings. The van der Waals surface area contributed by atoms with Gasteiger partial charge < -0.3 is 15.0 Å². The van der Waals surface area contributed by atoms with Crippen LogP contribution in [0, 0.1) is 6.92 Å². The maximum atomic E-state index is 12.4. The number of methoxy groups -OCH3 is 1. The number of rotatable bonds is 3. The van der Waals surface area contributed by atoms with Gasteiger partial charge in [0.15, 0.2) is 5.65 Å². The molecule has 7 heteroatoms. The molecule has 6 nitrogen and oxygen atoms in total. The van der Waals surface area contributed by atoms with Crippen molar-refractivity contribution in [3.8, 4) is 5.75 Å². The molecule has 0 spiro atoms. The number of pyridine rings is 1. The van der Waals surface area contributed by atoms with E-state index in [1.807, 2.05) is 6.92 Å². The van der Waals surface area contributed by atoms with Crippen molar-refractivity contribution in [3.63, 3.8) is 0 Å². The van der Waals surface area contributed by atoms with Gasteiger partial charge in [0.1, 0.15) is 5.75 Å². The molecule has 22 heavy (non-hydrogen) atoms. The van der Waals surface area contributed by atoms with Crippen LogP contribution in [0.1, 0.15) is 15.9 Å². The number of aromatic nitrogens is 3. The lowest BCUT2D eigenvalue weighted by molar-refractivity contribution is 0.102. The van der Waals surface area contributed by atoms with Crippen LogP contribution in [-0.2, 0) is 0 Å². The van der Waals surface area contributed by atoms with Crippen LogP contribution in [0.25, 0.3) is 11.2 Å². The average Bonchev–Trinajstić information content (AvgIpc) is 2.98. The van der Waals surface area contributed by atoms with Gasteiger partial charge in [0.2, 0.25) is 0 Å². The quantitative estimate of drug-likeness (QED) is 0.777. The van der Waals surface area contributed by atoms with Crippen molar-refractivity contribution in [2.24, 2.45) is 0 Å². The summed E-state index contributed by atoms with van der Waals surface area (Å²) in [6.45, 7) is 1.86. The summed E-state index contributed by atoms with van der Waals surface area (Å²) in [5, 5.41) is 3.38. The van der Waals surface area contributed by atoms with Gasteiger partial charge in [-0.15, -0.1) is 0 Å². The number of amides is 1. The fourth-order valence-electron chi connectivity index (χ4n) is 2.08. The molecule has 0 unspecified atom stereocenters. The Morgan fingerprint density at radius 2 is 2.14 bits per heavy atom. The summed E-state index contributed by atoms with van der Waals surface area (Å²) in [6.07, 6.45) is 3.01. The summed E-state index contributed by atoms with van der Waals surface area (Å²) in [5.41, 5.74) is 3.09. The molecule has 3 rings (SSSR count). The zero-order valence-electron chi connectivity index (χ0n) is 12.0. The number of carbonyl (C=O) groups is 1. The zero-order valence-corrected chi connectivity index (χ0v) is 12.7. The molecule has 1 aromatic carbocycles. The second-order valence-corrected chi connectivity index (χ2v) is 5.16. The molecule has 0 saturated heterocycles. The molecule has 0 saturated carbocycles. The predicted molar refractivity (Wildman–Crippen MR) is 84.6 cm³/mol. The Bertz CT molecular complexity index is 860. The number of carbonyl (C=O) groups excluding carboxylic acids is 1. The largest absolute Gasteiger partial charge is 0.495 e. The van der Waals surface area contributed by atoms with E-state index in [4.69, 9.17) is 16.3 Å². The monoisotopic (exact) mass is 316 g/mol. The molecule has 2 aromatic heterocycles. The Hall–Kier alpha value is -2.60. The number of nitrogens with zero attached hydrogens (tertiary/aromatic N) is 2. The fraction of sp³-hybridized carbons (Fsp3) is 0.133. The minimum Gasteiger partial charge on any atom is -0.495 e. The molecular weight excluding hydrogens is 304 g/mol. The second-order valence-electron chi connectivity index (χ2n) is 4.75. The predicted octanol–water partition coefficient (Wildman–Crippen LogP) is 3.18. The summed E-state index contributed by atoms with van der Waals surface area (Å²) >= 11 is 6.06. The fourth-order valence-corrected chi connectivity index (χ4v) is 2.23. The van der Waals surface area contributed by atoms with E-state index in [1.165, 1.54) is 19.6 Å². The molecule has 2 heterocycles. The van der Waals surface area contributed by atoms with E-state index >= 15 is 0 Å². The van der Waals surface area contributed by atoms with E-state index < -0.39 is 0 Å². The third-order valence-corrected chi connectivity index (χ3v) is 3.67. The van der Waals surface area contributed by atoms with Gasteiger partial charge in [-0.1, -0.05) is 11.6 Å². The number of aromatic amines is 1. The van der Waals surface area contributed by atoms with Gasteiger partial charge >= 0.3 is 0 Å². The number of fused-ring (bicyclic) bond motifs is 1. The Balaban J connectivity index is 1.92. The minimum atomic E-state index is -0.288. The smallest absolute Gasteiger partial charge is 0.257 e. The third-order valence-electron chi connectivity index (χ3n) is 3.26. The van der Waals surface area contributed by atoms with Crippen molar-refractivity contribution in [2.75, 3.05) is 12.4 Å². The maximum absolute atomic E-state index is 12.4. The number of hydrogen-bond acceptors (Lipinski definition) is 4. The average molecular weight is 317 g/mol. The summed E-state index contributed by atoms with van der Waals surface area (Å²) in [5.74, 6) is 0.212. The Morgan fingerprint density at radius 3 is 2.91 bits per heavy atom. The lowest BCUT2D eigenvalue weighted by Gasteiger charge is -2.12. The first-order valence-electron chi connectivity index (χ1n) is 6.53. The van der Waals surface area contributed by atoms with Crippen molar-refractivity contribution in [1.29, 1.82) is 0 Å². The Labute approximate surface area is 131 Å². The normalized spacial score (nSPS) is 10.7. The van der Waals surface area contributed by atoms with E-state index in [1.54, 1.807) is 18.2 Å². The van der Waals surface area contributed by atoms with Crippen LogP contribution >= 0.6 is 11.6 Å². The molecule has 1 amide bonds. The molecule has 0 fully saturated rings. The Morgan fingerprint density at radius 1 is 1.32 bits per heavy atom. The molecule has 0 aliphatic rings. The molecule has 0 radical (unpaired) electrons. The number of hydrogen-bond donors (Lipinski definition) is 2. The summed E-state index contributed by atoms with van der Waals surface area (Å²) < 4.78 is 5.24. The number of anilines is 1. The highest BCUT2D eigenvalue weighted by atomic mass is 35.5. The van der Waals surface area contributed by atoms with E-state index in [-0.39, 0.29) is 5.91 Å². The molecule has 0 bridgehead atoms. The van der Waals surface area contributed by atoms with E-state index in [2.05, 4.69) is 20.3 Å². The summed E-state index contributed by atoms with van der Waals surface area (Å²) in [4.78, 5) is 23.4. The first-order chi connectivity index (χ1) is 10.6. The van der Waals surface area contributed by atoms with Gasteiger partial charge in [-0.3, -0.25) is 4.79 Å². The van der Waals surface area contributed by atoms with Crippen LogP contribution in [0.5, 0.6) is 5.75 Å². The molecule has 112 valence electrons. The van der Waals surface area contributed by atoms with Crippen LogP contribution < -0.4 is 10.1 Å². The van der Waals surface area contributed by atoms with Crippen LogP contribution in [0.2, 0.25) is 5.02 Å². The Kier molecular flexibility index (Phi) is 3.68. The number of aryl methyl sites for hydroxylation is 1. The van der Waals surface area contributed by atoms with Gasteiger partial charge in [0, 0.05) is 17.3 Å². The highest BCUT2D eigenvalue weighted by Crippen LogP contribution is 2.31. The van der Waals surface area contributed by atoms with Crippen LogP contribution in [0.3, 0.4) is 0 Å². The first-order valence-corrected chi connectivity index (χ1v) is 6.91. The van der Waals surface area contributed by atoms with Gasteiger partial charge in [-0.05, 0) is 24.6 Å². The molecule has 2 N–H and O–H groups in total. The van der Waals surface area contributed by atoms with Crippen molar-refractivity contribution in [1.82, 2.24) is 15.0 Å². The molecule has 0 atom stereocenters. The van der Waals surface area contributed by atoms with E-state index in [9.17, 15) is 4.79 Å². The van der Waals surface area contributed by atoms with Crippen LogP contribution in [0.4, 0.5) is 5.69 Å².